The third-order valence-corrected chi connectivity index (χ3v) is 4.06. The molecular formula is C14H17N7. The number of aromatic nitrogens is 6. The van der Waals surface area contributed by atoms with Crippen molar-refractivity contribution in [2.45, 2.75) is 25.8 Å². The first kappa shape index (κ1) is 12.3. The number of anilines is 1. The van der Waals surface area contributed by atoms with Gasteiger partial charge < -0.3 is 4.90 Å². The molecule has 1 saturated heterocycles. The Kier molecular flexibility index (Phi) is 2.66. The number of nitrogens with zero attached hydrogens (tertiary/aromatic N) is 7. The van der Waals surface area contributed by atoms with Crippen molar-refractivity contribution in [2.24, 2.45) is 7.05 Å². The highest BCUT2D eigenvalue weighted by atomic mass is 15.4. The Hall–Kier alpha value is -2.44. The van der Waals surface area contributed by atoms with Crippen LogP contribution in [0.3, 0.4) is 0 Å². The van der Waals surface area contributed by atoms with Gasteiger partial charge in [-0.3, -0.25) is 4.68 Å². The topological polar surface area (TPSA) is 64.1 Å². The van der Waals surface area contributed by atoms with E-state index in [0.29, 0.717) is 6.04 Å². The summed E-state index contributed by atoms with van der Waals surface area (Å²) < 4.78 is 3.65. The first-order valence-electron chi connectivity index (χ1n) is 7.16. The van der Waals surface area contributed by atoms with Crippen molar-refractivity contribution in [1.82, 2.24) is 29.6 Å². The Balaban J connectivity index is 1.74. The predicted octanol–water partition coefficient (Wildman–Crippen LogP) is 1.51. The Morgan fingerprint density at radius 3 is 2.95 bits per heavy atom. The Labute approximate surface area is 122 Å². The van der Waals surface area contributed by atoms with Crippen molar-refractivity contribution < 1.29 is 0 Å². The highest BCUT2D eigenvalue weighted by molar-refractivity contribution is 5.48. The van der Waals surface area contributed by atoms with Crippen LogP contribution in [-0.4, -0.2) is 36.1 Å². The largest absolute Gasteiger partial charge is 0.348 e. The molecule has 1 aliphatic heterocycles. The molecule has 0 amide bonds. The molecule has 0 N–H and O–H groups in total. The fraction of sp³-hybridized carbons (Fsp3) is 0.429. The molecule has 4 rings (SSSR count). The molecule has 3 aromatic rings. The third-order valence-electron chi connectivity index (χ3n) is 4.06. The molecule has 0 saturated carbocycles. The fourth-order valence-electron chi connectivity index (χ4n) is 3.04. The van der Waals surface area contributed by atoms with Crippen LogP contribution in [0.5, 0.6) is 0 Å². The van der Waals surface area contributed by atoms with E-state index in [-0.39, 0.29) is 0 Å². The lowest BCUT2D eigenvalue weighted by Crippen LogP contribution is -2.24. The molecule has 1 aliphatic rings. The van der Waals surface area contributed by atoms with Crippen molar-refractivity contribution >= 4 is 11.5 Å². The zero-order chi connectivity index (χ0) is 14.4. The molecule has 108 valence electrons. The van der Waals surface area contributed by atoms with Gasteiger partial charge in [0, 0.05) is 25.4 Å². The van der Waals surface area contributed by atoms with Crippen LogP contribution >= 0.6 is 0 Å². The van der Waals surface area contributed by atoms with E-state index in [0.717, 1.165) is 30.3 Å². The minimum Gasteiger partial charge on any atom is -0.348 e. The van der Waals surface area contributed by atoms with Crippen molar-refractivity contribution in [3.63, 3.8) is 0 Å². The molecule has 7 heteroatoms. The molecule has 0 aliphatic carbocycles. The standard InChI is InChI=1S/C14H17N7/c1-10-16-17-13-5-6-14(18-21(10)13)20-7-3-4-12(20)11-8-15-19(2)9-11/h5-6,8-9,12H,3-4,7H2,1-2H3. The van der Waals surface area contributed by atoms with Crippen LogP contribution in [0, 0.1) is 6.92 Å². The van der Waals surface area contributed by atoms with Crippen LogP contribution in [0.15, 0.2) is 24.5 Å². The van der Waals surface area contributed by atoms with Gasteiger partial charge in [0.05, 0.1) is 12.2 Å². The Bertz CT molecular complexity index is 788. The van der Waals surface area contributed by atoms with Crippen molar-refractivity contribution in [3.8, 4) is 0 Å². The molecule has 0 aromatic carbocycles. The normalized spacial score (nSPS) is 18.8. The molecule has 1 fully saturated rings. The minimum absolute atomic E-state index is 0.348. The lowest BCUT2D eigenvalue weighted by Gasteiger charge is -2.24. The van der Waals surface area contributed by atoms with E-state index >= 15 is 0 Å². The van der Waals surface area contributed by atoms with E-state index in [1.807, 2.05) is 37.0 Å². The van der Waals surface area contributed by atoms with Gasteiger partial charge in [-0.2, -0.15) is 9.61 Å². The minimum atomic E-state index is 0.348. The Morgan fingerprint density at radius 2 is 2.14 bits per heavy atom. The average molecular weight is 283 g/mol. The van der Waals surface area contributed by atoms with Crippen LogP contribution in [0.1, 0.15) is 30.3 Å². The summed E-state index contributed by atoms with van der Waals surface area (Å²) in [7, 11) is 1.95. The van der Waals surface area contributed by atoms with Gasteiger partial charge in [-0.15, -0.1) is 15.3 Å². The van der Waals surface area contributed by atoms with Crippen molar-refractivity contribution in [1.29, 1.82) is 0 Å². The molecule has 1 atom stereocenters. The summed E-state index contributed by atoms with van der Waals surface area (Å²) in [5, 5.41) is 17.1. The van der Waals surface area contributed by atoms with Gasteiger partial charge in [-0.05, 0) is 31.9 Å². The lowest BCUT2D eigenvalue weighted by molar-refractivity contribution is 0.697. The van der Waals surface area contributed by atoms with Gasteiger partial charge in [0.1, 0.15) is 5.82 Å². The molecule has 3 aromatic heterocycles. The number of fused-ring (bicyclic) bond motifs is 1. The monoisotopic (exact) mass is 283 g/mol. The molecule has 7 nitrogen and oxygen atoms in total. The van der Waals surface area contributed by atoms with Crippen molar-refractivity contribution in [3.05, 3.63) is 35.9 Å². The fourth-order valence-corrected chi connectivity index (χ4v) is 3.04. The first-order chi connectivity index (χ1) is 10.2. The van der Waals surface area contributed by atoms with Gasteiger partial charge in [0.15, 0.2) is 11.5 Å². The summed E-state index contributed by atoms with van der Waals surface area (Å²) in [5.74, 6) is 1.78. The van der Waals surface area contributed by atoms with Crippen molar-refractivity contribution in [2.75, 3.05) is 11.4 Å². The second-order valence-electron chi connectivity index (χ2n) is 5.51. The molecule has 0 radical (unpaired) electrons. The number of rotatable bonds is 2. The maximum atomic E-state index is 4.69. The van der Waals surface area contributed by atoms with Gasteiger partial charge in [-0.1, -0.05) is 0 Å². The predicted molar refractivity (Wildman–Crippen MR) is 78.0 cm³/mol. The second-order valence-corrected chi connectivity index (χ2v) is 5.51. The van der Waals surface area contributed by atoms with E-state index in [4.69, 9.17) is 0 Å². The lowest BCUT2D eigenvalue weighted by atomic mass is 10.1. The zero-order valence-electron chi connectivity index (χ0n) is 12.1. The van der Waals surface area contributed by atoms with Gasteiger partial charge >= 0.3 is 0 Å². The van der Waals surface area contributed by atoms with E-state index < -0.39 is 0 Å². The van der Waals surface area contributed by atoms with E-state index in [1.54, 1.807) is 4.52 Å². The maximum absolute atomic E-state index is 4.69. The van der Waals surface area contributed by atoms with Gasteiger partial charge in [0.2, 0.25) is 0 Å². The summed E-state index contributed by atoms with van der Waals surface area (Å²) in [6.07, 6.45) is 6.34. The number of hydrogen-bond donors (Lipinski definition) is 0. The summed E-state index contributed by atoms with van der Waals surface area (Å²) in [6.45, 7) is 2.93. The average Bonchev–Trinajstić information content (AvgIpc) is 3.19. The van der Waals surface area contributed by atoms with E-state index in [1.165, 1.54) is 12.0 Å². The smallest absolute Gasteiger partial charge is 0.178 e. The molecule has 4 heterocycles. The Morgan fingerprint density at radius 1 is 1.24 bits per heavy atom. The van der Waals surface area contributed by atoms with Crippen LogP contribution < -0.4 is 4.90 Å². The van der Waals surface area contributed by atoms with Crippen LogP contribution in [0.2, 0.25) is 0 Å². The highest BCUT2D eigenvalue weighted by Gasteiger charge is 2.28. The number of aryl methyl sites for hydroxylation is 2. The summed E-state index contributed by atoms with van der Waals surface area (Å²) in [6, 6.07) is 4.35. The first-order valence-corrected chi connectivity index (χ1v) is 7.16. The van der Waals surface area contributed by atoms with Crippen LogP contribution in [0.25, 0.3) is 5.65 Å². The van der Waals surface area contributed by atoms with Crippen LogP contribution in [-0.2, 0) is 7.05 Å². The van der Waals surface area contributed by atoms with Gasteiger partial charge in [0.25, 0.3) is 0 Å². The van der Waals surface area contributed by atoms with Gasteiger partial charge in [-0.25, -0.2) is 0 Å². The van der Waals surface area contributed by atoms with E-state index in [2.05, 4.69) is 31.5 Å². The van der Waals surface area contributed by atoms with E-state index in [9.17, 15) is 0 Å². The summed E-state index contributed by atoms with van der Waals surface area (Å²) in [5.41, 5.74) is 2.03. The highest BCUT2D eigenvalue weighted by Crippen LogP contribution is 2.34. The number of hydrogen-bond acceptors (Lipinski definition) is 5. The van der Waals surface area contributed by atoms with Crippen LogP contribution in [0.4, 0.5) is 5.82 Å². The SMILES string of the molecule is Cc1nnc2ccc(N3CCCC3c3cnn(C)c3)nn12. The third kappa shape index (κ3) is 1.96. The molecule has 0 spiro atoms. The molecule has 21 heavy (non-hydrogen) atoms. The maximum Gasteiger partial charge on any atom is 0.178 e. The zero-order valence-corrected chi connectivity index (χ0v) is 12.1. The quantitative estimate of drug-likeness (QED) is 0.713. The molecule has 1 unspecified atom stereocenters. The summed E-state index contributed by atoms with van der Waals surface area (Å²) in [4.78, 5) is 2.34. The molecular weight excluding hydrogens is 266 g/mol. The second kappa shape index (κ2) is 4.54. The summed E-state index contributed by atoms with van der Waals surface area (Å²) >= 11 is 0. The molecule has 0 bridgehead atoms.